The van der Waals surface area contributed by atoms with E-state index in [2.05, 4.69) is 144 Å². The summed E-state index contributed by atoms with van der Waals surface area (Å²) in [5.41, 5.74) is 14.0. The molecule has 0 radical (unpaired) electrons. The maximum Gasteiger partial charge on any atom is -0.0146 e. The van der Waals surface area contributed by atoms with Gasteiger partial charge in [0.1, 0.15) is 0 Å². The summed E-state index contributed by atoms with van der Waals surface area (Å²) in [5, 5.41) is 0. The number of hydrogen-bond acceptors (Lipinski definition) is 0. The lowest BCUT2D eigenvalue weighted by atomic mass is 9.90. The summed E-state index contributed by atoms with van der Waals surface area (Å²) in [4.78, 5) is 0. The summed E-state index contributed by atoms with van der Waals surface area (Å²) < 4.78 is 0. The first-order valence-electron chi connectivity index (χ1n) is 12.3. The Labute approximate surface area is 211 Å². The molecule has 0 bridgehead atoms. The van der Waals surface area contributed by atoms with E-state index in [0.29, 0.717) is 0 Å². The van der Waals surface area contributed by atoms with Crippen molar-refractivity contribution in [3.05, 3.63) is 143 Å². The largest absolute Gasteiger partial charge is 0.0870 e. The van der Waals surface area contributed by atoms with Crippen molar-refractivity contribution < 1.29 is 0 Å². The van der Waals surface area contributed by atoms with E-state index in [9.17, 15) is 0 Å². The van der Waals surface area contributed by atoms with Crippen LogP contribution in [-0.2, 0) is 0 Å². The molecule has 0 saturated heterocycles. The van der Waals surface area contributed by atoms with E-state index in [1.807, 2.05) is 6.07 Å². The van der Waals surface area contributed by atoms with Crippen molar-refractivity contribution >= 4 is 11.6 Å². The molecule has 0 aliphatic heterocycles. The van der Waals surface area contributed by atoms with Crippen molar-refractivity contribution in [1.82, 2.24) is 0 Å². The van der Waals surface area contributed by atoms with Crippen LogP contribution >= 0.6 is 0 Å². The topological polar surface area (TPSA) is 0 Å². The summed E-state index contributed by atoms with van der Waals surface area (Å²) in [6, 6.07) is 32.7. The number of rotatable bonds is 6. The lowest BCUT2D eigenvalue weighted by molar-refractivity contribution is 1.39. The SMILES string of the molecule is C/C=C/C(=C(C)\C=C/c1ccccc1)c1ccc(-c2ccc(C)c(-c3ccccc3C)c2)cc1C. The van der Waals surface area contributed by atoms with E-state index in [-0.39, 0.29) is 0 Å². The van der Waals surface area contributed by atoms with Crippen molar-refractivity contribution in [3.63, 3.8) is 0 Å². The first-order chi connectivity index (χ1) is 17.0. The second kappa shape index (κ2) is 11.0. The maximum atomic E-state index is 2.34. The van der Waals surface area contributed by atoms with E-state index in [0.717, 1.165) is 0 Å². The Morgan fingerprint density at radius 1 is 0.600 bits per heavy atom. The number of allylic oxidation sites excluding steroid dienone is 5. The van der Waals surface area contributed by atoms with Crippen LogP contribution in [0, 0.1) is 20.8 Å². The van der Waals surface area contributed by atoms with Gasteiger partial charge in [0.2, 0.25) is 0 Å². The highest BCUT2D eigenvalue weighted by atomic mass is 14.1. The minimum absolute atomic E-state index is 1.21. The molecule has 0 atom stereocenters. The van der Waals surface area contributed by atoms with Crippen molar-refractivity contribution in [2.75, 3.05) is 0 Å². The van der Waals surface area contributed by atoms with Gasteiger partial charge in [-0.3, -0.25) is 0 Å². The van der Waals surface area contributed by atoms with E-state index in [1.54, 1.807) is 0 Å². The van der Waals surface area contributed by atoms with Gasteiger partial charge < -0.3 is 0 Å². The van der Waals surface area contributed by atoms with Crippen LogP contribution in [0.5, 0.6) is 0 Å². The Morgan fingerprint density at radius 2 is 1.26 bits per heavy atom. The first-order valence-corrected chi connectivity index (χ1v) is 12.3. The summed E-state index contributed by atoms with van der Waals surface area (Å²) in [7, 11) is 0. The predicted octanol–water partition coefficient (Wildman–Crippen LogP) is 10.0. The number of benzene rings is 4. The van der Waals surface area contributed by atoms with E-state index in [1.165, 1.54) is 61.2 Å². The number of hydrogen-bond donors (Lipinski definition) is 0. The van der Waals surface area contributed by atoms with Gasteiger partial charge >= 0.3 is 0 Å². The molecule has 0 fully saturated rings. The van der Waals surface area contributed by atoms with E-state index in [4.69, 9.17) is 0 Å². The van der Waals surface area contributed by atoms with Gasteiger partial charge in [0.05, 0.1) is 0 Å². The molecule has 0 unspecified atom stereocenters. The second-order valence-corrected chi connectivity index (χ2v) is 9.22. The Hall–Kier alpha value is -3.90. The summed E-state index contributed by atoms with van der Waals surface area (Å²) in [6.07, 6.45) is 8.74. The maximum absolute atomic E-state index is 2.34. The predicted molar refractivity (Wildman–Crippen MR) is 154 cm³/mol. The highest BCUT2D eigenvalue weighted by Crippen LogP contribution is 2.33. The fourth-order valence-corrected chi connectivity index (χ4v) is 4.59. The van der Waals surface area contributed by atoms with Gasteiger partial charge in [0.15, 0.2) is 0 Å². The molecule has 35 heavy (non-hydrogen) atoms. The van der Waals surface area contributed by atoms with Crippen molar-refractivity contribution in [2.45, 2.75) is 34.6 Å². The third kappa shape index (κ3) is 5.61. The zero-order valence-corrected chi connectivity index (χ0v) is 21.5. The molecular weight excluding hydrogens is 420 g/mol. The molecule has 0 aliphatic rings. The number of aryl methyl sites for hydroxylation is 3. The molecule has 174 valence electrons. The van der Waals surface area contributed by atoms with E-state index >= 15 is 0 Å². The van der Waals surface area contributed by atoms with Gasteiger partial charge in [0.25, 0.3) is 0 Å². The standard InChI is InChI=1S/C35H34/c1-6-12-32(26(3)17-19-29-14-8-7-9-15-29)34-22-21-30(23-28(34)5)31-20-18-27(4)35(24-31)33-16-11-10-13-25(33)2/h6-24H,1-5H3/b12-6+,19-17-,32-26+. The van der Waals surface area contributed by atoms with Crippen LogP contribution in [0.3, 0.4) is 0 Å². The third-order valence-electron chi connectivity index (χ3n) is 6.61. The average molecular weight is 455 g/mol. The Balaban J connectivity index is 1.72. The molecule has 0 heterocycles. The molecule has 0 heteroatoms. The monoisotopic (exact) mass is 454 g/mol. The van der Waals surface area contributed by atoms with Crippen LogP contribution in [0.15, 0.2) is 115 Å². The average Bonchev–Trinajstić information content (AvgIpc) is 2.87. The second-order valence-electron chi connectivity index (χ2n) is 9.22. The van der Waals surface area contributed by atoms with Gasteiger partial charge in [-0.05, 0) is 102 Å². The Morgan fingerprint density at radius 3 is 1.97 bits per heavy atom. The van der Waals surface area contributed by atoms with Crippen molar-refractivity contribution in [2.24, 2.45) is 0 Å². The first kappa shape index (κ1) is 24.2. The molecule has 0 aliphatic carbocycles. The highest BCUT2D eigenvalue weighted by Gasteiger charge is 2.10. The molecular formula is C35H34. The van der Waals surface area contributed by atoms with Crippen molar-refractivity contribution in [3.8, 4) is 22.3 Å². The summed E-state index contributed by atoms with van der Waals surface area (Å²) in [5.74, 6) is 0. The lowest BCUT2D eigenvalue weighted by Crippen LogP contribution is -1.92. The smallest absolute Gasteiger partial charge is 0.0146 e. The van der Waals surface area contributed by atoms with Crippen LogP contribution in [0.2, 0.25) is 0 Å². The van der Waals surface area contributed by atoms with Crippen molar-refractivity contribution in [1.29, 1.82) is 0 Å². The fraction of sp³-hybridized carbons (Fsp3) is 0.143. The Bertz CT molecular complexity index is 1410. The van der Waals surface area contributed by atoms with Crippen LogP contribution in [0.1, 0.15) is 41.7 Å². The van der Waals surface area contributed by atoms with Crippen LogP contribution in [0.4, 0.5) is 0 Å². The summed E-state index contributed by atoms with van der Waals surface area (Å²) in [6.45, 7) is 10.9. The fourth-order valence-electron chi connectivity index (χ4n) is 4.59. The van der Waals surface area contributed by atoms with E-state index < -0.39 is 0 Å². The normalized spacial score (nSPS) is 12.4. The molecule has 0 aromatic heterocycles. The zero-order chi connectivity index (χ0) is 24.8. The zero-order valence-electron chi connectivity index (χ0n) is 21.5. The van der Waals surface area contributed by atoms with Gasteiger partial charge in [0, 0.05) is 0 Å². The quantitative estimate of drug-likeness (QED) is 0.254. The molecule has 4 aromatic carbocycles. The van der Waals surface area contributed by atoms with Crippen LogP contribution < -0.4 is 0 Å². The minimum Gasteiger partial charge on any atom is -0.0870 e. The lowest BCUT2D eigenvalue weighted by Gasteiger charge is -2.14. The van der Waals surface area contributed by atoms with Gasteiger partial charge in [-0.1, -0.05) is 109 Å². The van der Waals surface area contributed by atoms with Crippen LogP contribution in [0.25, 0.3) is 33.9 Å². The molecule has 0 saturated carbocycles. The van der Waals surface area contributed by atoms with Crippen LogP contribution in [-0.4, -0.2) is 0 Å². The molecule has 0 N–H and O–H groups in total. The molecule has 0 amide bonds. The highest BCUT2D eigenvalue weighted by molar-refractivity contribution is 5.83. The summed E-state index contributed by atoms with van der Waals surface area (Å²) >= 11 is 0. The molecule has 4 aromatic rings. The minimum atomic E-state index is 1.21. The Kier molecular flexibility index (Phi) is 7.63. The molecule has 4 rings (SSSR count). The molecule has 0 spiro atoms. The third-order valence-corrected chi connectivity index (χ3v) is 6.61. The van der Waals surface area contributed by atoms with Gasteiger partial charge in [-0.15, -0.1) is 0 Å². The van der Waals surface area contributed by atoms with Gasteiger partial charge in [-0.25, -0.2) is 0 Å². The van der Waals surface area contributed by atoms with Gasteiger partial charge in [-0.2, -0.15) is 0 Å². The molecule has 0 nitrogen and oxygen atoms in total.